The summed E-state index contributed by atoms with van der Waals surface area (Å²) in [5.74, 6) is 0.485. The molecular formula is C22H36N4O3S. The molecule has 1 aromatic rings. The number of piperidine rings is 1. The van der Waals surface area contributed by atoms with E-state index < -0.39 is 10.0 Å². The molecule has 2 saturated heterocycles. The van der Waals surface area contributed by atoms with Gasteiger partial charge in [0.15, 0.2) is 0 Å². The van der Waals surface area contributed by atoms with E-state index in [0.29, 0.717) is 31.1 Å². The number of rotatable bonds is 8. The van der Waals surface area contributed by atoms with Gasteiger partial charge in [-0.15, -0.1) is 0 Å². The van der Waals surface area contributed by atoms with Crippen molar-refractivity contribution in [3.05, 3.63) is 35.4 Å². The fraction of sp³-hybridized carbons (Fsp3) is 0.682. The van der Waals surface area contributed by atoms with Gasteiger partial charge in [-0.05, 0) is 62.9 Å². The van der Waals surface area contributed by atoms with E-state index in [1.165, 1.54) is 11.8 Å². The number of carbonyl (C=O) groups is 1. The molecule has 30 heavy (non-hydrogen) atoms. The molecule has 1 amide bonds. The lowest BCUT2D eigenvalue weighted by Gasteiger charge is -2.32. The van der Waals surface area contributed by atoms with Gasteiger partial charge in [-0.1, -0.05) is 12.1 Å². The maximum absolute atomic E-state index is 12.4. The minimum atomic E-state index is -3.07. The van der Waals surface area contributed by atoms with Crippen molar-refractivity contribution in [2.24, 2.45) is 5.92 Å². The van der Waals surface area contributed by atoms with Crippen LogP contribution in [-0.4, -0.2) is 94.1 Å². The van der Waals surface area contributed by atoms with Crippen LogP contribution in [0.5, 0.6) is 0 Å². The number of carbonyl (C=O) groups excluding carboxylic acids is 1. The second kappa shape index (κ2) is 10.7. The van der Waals surface area contributed by atoms with Crippen LogP contribution in [-0.2, 0) is 16.4 Å². The van der Waals surface area contributed by atoms with Crippen LogP contribution in [0.25, 0.3) is 0 Å². The van der Waals surface area contributed by atoms with E-state index in [1.807, 2.05) is 24.3 Å². The van der Waals surface area contributed by atoms with Gasteiger partial charge in [0.2, 0.25) is 10.0 Å². The maximum atomic E-state index is 12.4. The highest BCUT2D eigenvalue weighted by atomic mass is 32.2. The van der Waals surface area contributed by atoms with E-state index in [-0.39, 0.29) is 5.91 Å². The van der Waals surface area contributed by atoms with Crippen LogP contribution in [0.4, 0.5) is 0 Å². The molecule has 7 nitrogen and oxygen atoms in total. The zero-order valence-corrected chi connectivity index (χ0v) is 19.2. The molecule has 0 saturated carbocycles. The standard InChI is InChI=1S/C22H36N4O3S/c1-24-14-16-25(17-15-24)11-3-10-23-22(27)21-6-4-19(5-7-21)18-20-8-12-26(13-9-20)30(2,28)29/h4-7,20H,3,8-18H2,1-2H3,(H,23,27). The molecule has 2 fully saturated rings. The SMILES string of the molecule is CN1CCN(CCCNC(=O)c2ccc(CC3CCN(S(C)(=O)=O)CC3)cc2)CC1. The normalized spacial score (nSPS) is 20.3. The van der Waals surface area contributed by atoms with Crippen LogP contribution in [0, 0.1) is 5.92 Å². The molecule has 8 heteroatoms. The number of likely N-dealkylation sites (N-methyl/N-ethyl adjacent to an activating group) is 1. The Kier molecular flexibility index (Phi) is 8.27. The van der Waals surface area contributed by atoms with Crippen molar-refractivity contribution in [3.63, 3.8) is 0 Å². The molecular weight excluding hydrogens is 400 g/mol. The molecule has 2 aliphatic heterocycles. The summed E-state index contributed by atoms with van der Waals surface area (Å²) in [6, 6.07) is 7.86. The van der Waals surface area contributed by atoms with E-state index in [9.17, 15) is 13.2 Å². The number of benzene rings is 1. The monoisotopic (exact) mass is 436 g/mol. The molecule has 3 rings (SSSR count). The smallest absolute Gasteiger partial charge is 0.251 e. The molecule has 1 aromatic carbocycles. The van der Waals surface area contributed by atoms with Gasteiger partial charge in [0.1, 0.15) is 0 Å². The second-order valence-electron chi connectivity index (χ2n) is 8.76. The highest BCUT2D eigenvalue weighted by Gasteiger charge is 2.24. The lowest BCUT2D eigenvalue weighted by molar-refractivity contribution is 0.0949. The Bertz CT molecular complexity index is 781. The van der Waals surface area contributed by atoms with Gasteiger partial charge in [-0.2, -0.15) is 0 Å². The predicted octanol–water partition coefficient (Wildman–Crippen LogP) is 1.27. The molecule has 0 radical (unpaired) electrons. The minimum absolute atomic E-state index is 0.0126. The molecule has 0 bridgehead atoms. The topological polar surface area (TPSA) is 73.0 Å². The van der Waals surface area contributed by atoms with Crippen molar-refractivity contribution in [2.45, 2.75) is 25.7 Å². The van der Waals surface area contributed by atoms with E-state index in [0.717, 1.165) is 58.4 Å². The average molecular weight is 437 g/mol. The maximum Gasteiger partial charge on any atom is 0.251 e. The van der Waals surface area contributed by atoms with Gasteiger partial charge < -0.3 is 15.1 Å². The van der Waals surface area contributed by atoms with Crippen LogP contribution < -0.4 is 5.32 Å². The quantitative estimate of drug-likeness (QED) is 0.622. The van der Waals surface area contributed by atoms with Gasteiger partial charge in [0, 0.05) is 51.4 Å². The van der Waals surface area contributed by atoms with Crippen molar-refractivity contribution < 1.29 is 13.2 Å². The first-order valence-corrected chi connectivity index (χ1v) is 12.9. The molecule has 1 N–H and O–H groups in total. The van der Waals surface area contributed by atoms with E-state index >= 15 is 0 Å². The number of sulfonamides is 1. The van der Waals surface area contributed by atoms with Gasteiger partial charge in [0.25, 0.3) is 5.91 Å². The largest absolute Gasteiger partial charge is 0.352 e. The Balaban J connectivity index is 1.36. The third kappa shape index (κ3) is 7.04. The Morgan fingerprint density at radius 3 is 2.27 bits per heavy atom. The first kappa shape index (κ1) is 23.2. The Morgan fingerprint density at radius 1 is 1.03 bits per heavy atom. The molecule has 2 heterocycles. The van der Waals surface area contributed by atoms with Gasteiger partial charge in [-0.25, -0.2) is 12.7 Å². The number of nitrogens with zero attached hydrogens (tertiary/aromatic N) is 3. The summed E-state index contributed by atoms with van der Waals surface area (Å²) in [5.41, 5.74) is 1.91. The minimum Gasteiger partial charge on any atom is -0.352 e. The van der Waals surface area contributed by atoms with Crippen LogP contribution in [0.15, 0.2) is 24.3 Å². The summed E-state index contributed by atoms with van der Waals surface area (Å²) >= 11 is 0. The molecule has 0 spiro atoms. The molecule has 168 valence electrons. The van der Waals surface area contributed by atoms with E-state index in [4.69, 9.17) is 0 Å². The number of piperazine rings is 1. The third-order valence-corrected chi connectivity index (χ3v) is 7.62. The van der Waals surface area contributed by atoms with Gasteiger partial charge >= 0.3 is 0 Å². The Labute approximate surface area is 181 Å². The molecule has 0 unspecified atom stereocenters. The first-order chi connectivity index (χ1) is 14.3. The highest BCUT2D eigenvalue weighted by Crippen LogP contribution is 2.23. The van der Waals surface area contributed by atoms with Crippen LogP contribution in [0.1, 0.15) is 35.2 Å². The highest BCUT2D eigenvalue weighted by molar-refractivity contribution is 7.88. The number of hydrogen-bond acceptors (Lipinski definition) is 5. The Hall–Kier alpha value is -1.48. The summed E-state index contributed by atoms with van der Waals surface area (Å²) < 4.78 is 24.8. The number of nitrogens with one attached hydrogen (secondary N) is 1. The van der Waals surface area contributed by atoms with Crippen LogP contribution >= 0.6 is 0 Å². The van der Waals surface area contributed by atoms with E-state index in [2.05, 4.69) is 22.2 Å². The second-order valence-corrected chi connectivity index (χ2v) is 10.7. The molecule has 0 aliphatic carbocycles. The fourth-order valence-electron chi connectivity index (χ4n) is 4.25. The summed E-state index contributed by atoms with van der Waals surface area (Å²) in [6.07, 6.45) is 4.97. The van der Waals surface area contributed by atoms with E-state index in [1.54, 1.807) is 4.31 Å². The third-order valence-electron chi connectivity index (χ3n) is 6.32. The summed E-state index contributed by atoms with van der Waals surface area (Å²) in [6.45, 7) is 7.41. The zero-order valence-electron chi connectivity index (χ0n) is 18.3. The van der Waals surface area contributed by atoms with Crippen LogP contribution in [0.2, 0.25) is 0 Å². The molecule has 2 aliphatic rings. The molecule has 0 aromatic heterocycles. The van der Waals surface area contributed by atoms with Gasteiger partial charge in [0.05, 0.1) is 6.26 Å². The first-order valence-electron chi connectivity index (χ1n) is 11.0. The van der Waals surface area contributed by atoms with Gasteiger partial charge in [-0.3, -0.25) is 4.79 Å². The van der Waals surface area contributed by atoms with Crippen LogP contribution in [0.3, 0.4) is 0 Å². The zero-order chi connectivity index (χ0) is 21.6. The van der Waals surface area contributed by atoms with Crippen molar-refractivity contribution in [2.75, 3.05) is 65.7 Å². The number of hydrogen-bond donors (Lipinski definition) is 1. The Morgan fingerprint density at radius 2 is 1.67 bits per heavy atom. The summed E-state index contributed by atoms with van der Waals surface area (Å²) in [4.78, 5) is 17.2. The predicted molar refractivity (Wildman–Crippen MR) is 120 cm³/mol. The van der Waals surface area contributed by atoms with Crippen molar-refractivity contribution in [3.8, 4) is 0 Å². The lowest BCUT2D eigenvalue weighted by atomic mass is 9.91. The van der Waals surface area contributed by atoms with Crippen molar-refractivity contribution in [1.29, 1.82) is 0 Å². The molecule has 0 atom stereocenters. The van der Waals surface area contributed by atoms with Crippen molar-refractivity contribution in [1.82, 2.24) is 19.4 Å². The lowest BCUT2D eigenvalue weighted by Crippen LogP contribution is -2.45. The summed E-state index contributed by atoms with van der Waals surface area (Å²) in [5, 5.41) is 3.03. The average Bonchev–Trinajstić information content (AvgIpc) is 2.72. The summed E-state index contributed by atoms with van der Waals surface area (Å²) in [7, 11) is -0.914. The number of amides is 1. The fourth-order valence-corrected chi connectivity index (χ4v) is 5.12. The van der Waals surface area contributed by atoms with Crippen molar-refractivity contribution >= 4 is 15.9 Å².